The van der Waals surface area contributed by atoms with Crippen molar-refractivity contribution < 1.29 is 9.13 Å². The maximum Gasteiger partial charge on any atom is 0.191 e. The van der Waals surface area contributed by atoms with Crippen molar-refractivity contribution in [2.24, 2.45) is 10.9 Å². The first-order valence-corrected chi connectivity index (χ1v) is 10.2. The third-order valence-corrected chi connectivity index (χ3v) is 5.33. The molecule has 0 saturated carbocycles. The predicted molar refractivity (Wildman–Crippen MR) is 110 cm³/mol. The SMILES string of the molecule is CCNC(=NCCC1CCN(CC)CC1)NC(C)c1ccc(OC)c(F)c1. The Morgan fingerprint density at radius 1 is 1.33 bits per heavy atom. The number of piperidine rings is 1. The van der Waals surface area contributed by atoms with E-state index >= 15 is 0 Å². The van der Waals surface area contributed by atoms with Crippen LogP contribution in [0.5, 0.6) is 5.75 Å². The highest BCUT2D eigenvalue weighted by atomic mass is 19.1. The van der Waals surface area contributed by atoms with Crippen LogP contribution in [-0.4, -0.2) is 50.7 Å². The molecule has 0 spiro atoms. The van der Waals surface area contributed by atoms with Crippen molar-refractivity contribution in [1.29, 1.82) is 0 Å². The van der Waals surface area contributed by atoms with Crippen LogP contribution in [0.1, 0.15) is 51.6 Å². The van der Waals surface area contributed by atoms with Crippen LogP contribution in [0.4, 0.5) is 4.39 Å². The highest BCUT2D eigenvalue weighted by Gasteiger charge is 2.17. The summed E-state index contributed by atoms with van der Waals surface area (Å²) in [6.45, 7) is 11.5. The Hall–Kier alpha value is -1.82. The van der Waals surface area contributed by atoms with Gasteiger partial charge in [0.05, 0.1) is 13.2 Å². The highest BCUT2D eigenvalue weighted by molar-refractivity contribution is 5.80. The molecule has 2 rings (SSSR count). The molecule has 0 aromatic heterocycles. The molecule has 1 atom stereocenters. The van der Waals surface area contributed by atoms with Gasteiger partial charge in [0.15, 0.2) is 17.5 Å². The Bertz CT molecular complexity index is 600. The zero-order valence-electron chi connectivity index (χ0n) is 17.2. The van der Waals surface area contributed by atoms with Crippen LogP contribution in [-0.2, 0) is 0 Å². The van der Waals surface area contributed by atoms with Gasteiger partial charge >= 0.3 is 0 Å². The van der Waals surface area contributed by atoms with Crippen molar-refractivity contribution >= 4 is 5.96 Å². The van der Waals surface area contributed by atoms with Gasteiger partial charge in [-0.25, -0.2) is 4.39 Å². The van der Waals surface area contributed by atoms with Gasteiger partial charge in [-0.15, -0.1) is 0 Å². The van der Waals surface area contributed by atoms with Crippen LogP contribution in [0, 0.1) is 11.7 Å². The summed E-state index contributed by atoms with van der Waals surface area (Å²) in [5.74, 6) is 1.48. The second-order valence-electron chi connectivity index (χ2n) is 7.19. The fourth-order valence-electron chi connectivity index (χ4n) is 3.51. The molecular weight excluding hydrogens is 343 g/mol. The van der Waals surface area contributed by atoms with Crippen molar-refractivity contribution in [3.63, 3.8) is 0 Å². The van der Waals surface area contributed by atoms with E-state index in [1.807, 2.05) is 13.0 Å². The number of methoxy groups -OCH3 is 1. The van der Waals surface area contributed by atoms with Crippen LogP contribution in [0.3, 0.4) is 0 Å². The van der Waals surface area contributed by atoms with E-state index in [-0.39, 0.29) is 17.6 Å². The summed E-state index contributed by atoms with van der Waals surface area (Å²) in [5, 5.41) is 6.66. The van der Waals surface area contributed by atoms with Crippen LogP contribution < -0.4 is 15.4 Å². The number of rotatable bonds is 8. The van der Waals surface area contributed by atoms with Gasteiger partial charge in [0.1, 0.15) is 0 Å². The summed E-state index contributed by atoms with van der Waals surface area (Å²) in [6.07, 6.45) is 3.67. The predicted octanol–water partition coefficient (Wildman–Crippen LogP) is 3.57. The van der Waals surface area contributed by atoms with Gasteiger partial charge < -0.3 is 20.3 Å². The van der Waals surface area contributed by atoms with Gasteiger partial charge in [-0.3, -0.25) is 4.99 Å². The zero-order valence-corrected chi connectivity index (χ0v) is 17.2. The fourth-order valence-corrected chi connectivity index (χ4v) is 3.51. The monoisotopic (exact) mass is 378 g/mol. The second kappa shape index (κ2) is 11.1. The Morgan fingerprint density at radius 2 is 2.07 bits per heavy atom. The van der Waals surface area contributed by atoms with E-state index in [0.29, 0.717) is 0 Å². The number of hydrogen-bond donors (Lipinski definition) is 2. The van der Waals surface area contributed by atoms with Crippen LogP contribution in [0.25, 0.3) is 0 Å². The van der Waals surface area contributed by atoms with Crippen LogP contribution >= 0.6 is 0 Å². The van der Waals surface area contributed by atoms with Crippen LogP contribution in [0.15, 0.2) is 23.2 Å². The molecule has 5 nitrogen and oxygen atoms in total. The average molecular weight is 379 g/mol. The number of halogens is 1. The number of nitrogens with one attached hydrogen (secondary N) is 2. The lowest BCUT2D eigenvalue weighted by Crippen LogP contribution is -2.39. The number of benzene rings is 1. The number of aliphatic imine (C=N–C) groups is 1. The minimum absolute atomic E-state index is 0.0454. The molecule has 2 N–H and O–H groups in total. The first kappa shape index (κ1) is 21.5. The molecule has 1 heterocycles. The number of nitrogens with zero attached hydrogens (tertiary/aromatic N) is 2. The van der Waals surface area contributed by atoms with Gasteiger partial charge in [0.2, 0.25) is 0 Å². The van der Waals surface area contributed by atoms with Crippen molar-refractivity contribution in [2.45, 2.75) is 46.1 Å². The van der Waals surface area contributed by atoms with Crippen molar-refractivity contribution in [2.75, 3.05) is 39.8 Å². The molecular formula is C21H35FN4O. The lowest BCUT2D eigenvalue weighted by atomic mass is 9.94. The largest absolute Gasteiger partial charge is 0.494 e. The Kier molecular flexibility index (Phi) is 8.85. The Labute approximate surface area is 163 Å². The van der Waals surface area contributed by atoms with E-state index in [1.165, 1.54) is 39.1 Å². The topological polar surface area (TPSA) is 48.9 Å². The van der Waals surface area contributed by atoms with Crippen LogP contribution in [0.2, 0.25) is 0 Å². The molecule has 27 heavy (non-hydrogen) atoms. The molecule has 1 aliphatic rings. The standard InChI is InChI=1S/C21H35FN4O/c1-5-23-21(24-12-9-17-10-13-26(6-2)14-11-17)25-16(3)18-7-8-20(27-4)19(22)15-18/h7-8,15-17H,5-6,9-14H2,1-4H3,(H2,23,24,25). The summed E-state index contributed by atoms with van der Waals surface area (Å²) in [4.78, 5) is 7.25. The molecule has 1 aromatic rings. The second-order valence-corrected chi connectivity index (χ2v) is 7.19. The number of hydrogen-bond acceptors (Lipinski definition) is 3. The lowest BCUT2D eigenvalue weighted by Gasteiger charge is -2.30. The summed E-state index contributed by atoms with van der Waals surface area (Å²) in [5.41, 5.74) is 0.867. The minimum Gasteiger partial charge on any atom is -0.494 e. The summed E-state index contributed by atoms with van der Waals surface area (Å²) >= 11 is 0. The van der Waals surface area contributed by atoms with Crippen molar-refractivity contribution in [1.82, 2.24) is 15.5 Å². The lowest BCUT2D eigenvalue weighted by molar-refractivity contribution is 0.188. The smallest absolute Gasteiger partial charge is 0.191 e. The van der Waals surface area contributed by atoms with Gasteiger partial charge in [-0.2, -0.15) is 0 Å². The summed E-state index contributed by atoms with van der Waals surface area (Å²) < 4.78 is 18.9. The molecule has 6 heteroatoms. The average Bonchev–Trinajstić information content (AvgIpc) is 2.68. The molecule has 0 radical (unpaired) electrons. The molecule has 0 amide bonds. The molecule has 152 valence electrons. The number of guanidine groups is 1. The molecule has 1 aliphatic heterocycles. The van der Waals surface area contributed by atoms with E-state index in [9.17, 15) is 4.39 Å². The molecule has 1 saturated heterocycles. The van der Waals surface area contributed by atoms with E-state index in [4.69, 9.17) is 9.73 Å². The molecule has 0 aliphatic carbocycles. The Balaban J connectivity index is 1.88. The third kappa shape index (κ3) is 6.69. The number of ether oxygens (including phenoxy) is 1. The maximum atomic E-state index is 14.0. The minimum atomic E-state index is -0.344. The van der Waals surface area contributed by atoms with Gasteiger partial charge in [0, 0.05) is 13.1 Å². The first-order valence-electron chi connectivity index (χ1n) is 10.2. The highest BCUT2D eigenvalue weighted by Crippen LogP contribution is 2.22. The molecule has 1 fully saturated rings. The number of likely N-dealkylation sites (tertiary alicyclic amines) is 1. The third-order valence-electron chi connectivity index (χ3n) is 5.33. The molecule has 1 aromatic carbocycles. The van der Waals surface area contributed by atoms with Crippen molar-refractivity contribution in [3.05, 3.63) is 29.6 Å². The van der Waals surface area contributed by atoms with E-state index in [1.54, 1.807) is 6.07 Å². The van der Waals surface area contributed by atoms with E-state index in [2.05, 4.69) is 29.4 Å². The molecule has 1 unspecified atom stereocenters. The normalized spacial score (nSPS) is 17.6. The Morgan fingerprint density at radius 3 is 2.67 bits per heavy atom. The zero-order chi connectivity index (χ0) is 19.6. The van der Waals surface area contributed by atoms with E-state index < -0.39 is 0 Å². The molecule has 0 bridgehead atoms. The summed E-state index contributed by atoms with van der Waals surface area (Å²) in [7, 11) is 1.47. The summed E-state index contributed by atoms with van der Waals surface area (Å²) in [6, 6.07) is 5.01. The van der Waals surface area contributed by atoms with Gasteiger partial charge in [-0.1, -0.05) is 13.0 Å². The van der Waals surface area contributed by atoms with Gasteiger partial charge in [-0.05, 0) is 76.4 Å². The quantitative estimate of drug-likeness (QED) is 0.536. The van der Waals surface area contributed by atoms with E-state index in [0.717, 1.165) is 43.5 Å². The van der Waals surface area contributed by atoms with Gasteiger partial charge in [0.25, 0.3) is 0 Å². The first-order chi connectivity index (χ1) is 13.1. The maximum absolute atomic E-state index is 14.0. The fraction of sp³-hybridized carbons (Fsp3) is 0.667. The van der Waals surface area contributed by atoms with Crippen molar-refractivity contribution in [3.8, 4) is 5.75 Å².